The molecule has 1 unspecified atom stereocenters. The number of terminal acetylenes is 1. The van der Waals surface area contributed by atoms with E-state index in [1.165, 1.54) is 0 Å². The summed E-state index contributed by atoms with van der Waals surface area (Å²) in [4.78, 5) is 0. The summed E-state index contributed by atoms with van der Waals surface area (Å²) >= 11 is 0. The normalized spacial score (nSPS) is 17.6. The van der Waals surface area contributed by atoms with Crippen LogP contribution < -0.4 is 11.5 Å². The van der Waals surface area contributed by atoms with E-state index in [0.29, 0.717) is 6.42 Å². The summed E-state index contributed by atoms with van der Waals surface area (Å²) in [5.41, 5.74) is 10.6. The van der Waals surface area contributed by atoms with Gasteiger partial charge in [0, 0.05) is 5.54 Å². The Morgan fingerprint density at radius 1 is 1.30 bits per heavy atom. The number of nitrogens with two attached hydrogens (primary N) is 2. The van der Waals surface area contributed by atoms with Crippen molar-refractivity contribution in [2.45, 2.75) is 38.3 Å². The van der Waals surface area contributed by atoms with E-state index in [-0.39, 0.29) is 5.54 Å². The fraction of sp³-hybridized carbons (Fsp3) is 0.750. The molecule has 0 bridgehead atoms. The Bertz CT molecular complexity index is 146. The minimum atomic E-state index is -0.571. The number of hydrogen-bond donors (Lipinski definition) is 2. The molecule has 1 atom stereocenters. The average Bonchev–Trinajstić information content (AvgIpc) is 1.60. The minimum absolute atomic E-state index is 0.282. The standard InChI is InChI=1S/C8H16N2/c1-5-8(4,10)6-7(2,3)9/h1H,6,9-10H2,2-4H3. The molecule has 2 heteroatoms. The van der Waals surface area contributed by atoms with E-state index in [1.807, 2.05) is 20.8 Å². The number of rotatable bonds is 2. The van der Waals surface area contributed by atoms with E-state index in [0.717, 1.165) is 0 Å². The SMILES string of the molecule is C#CC(C)(N)CC(C)(C)N. The topological polar surface area (TPSA) is 52.0 Å². The predicted octanol–water partition coefficient (Wildman–Crippen LogP) is 0.464. The van der Waals surface area contributed by atoms with Crippen LogP contribution in [0.1, 0.15) is 27.2 Å². The van der Waals surface area contributed by atoms with Gasteiger partial charge in [-0.25, -0.2) is 0 Å². The van der Waals surface area contributed by atoms with Crippen LogP contribution >= 0.6 is 0 Å². The van der Waals surface area contributed by atoms with Crippen molar-refractivity contribution in [2.75, 3.05) is 0 Å². The molecule has 0 saturated heterocycles. The Hall–Kier alpha value is -0.520. The molecule has 0 spiro atoms. The summed E-state index contributed by atoms with van der Waals surface area (Å²) in [6, 6.07) is 0. The van der Waals surface area contributed by atoms with Crippen LogP contribution in [0.25, 0.3) is 0 Å². The lowest BCUT2D eigenvalue weighted by molar-refractivity contribution is 0.390. The van der Waals surface area contributed by atoms with E-state index in [4.69, 9.17) is 17.9 Å². The second-order valence-electron chi connectivity index (χ2n) is 3.73. The minimum Gasteiger partial charge on any atom is -0.325 e. The Balaban J connectivity index is 4.05. The highest BCUT2D eigenvalue weighted by atomic mass is 14.8. The Morgan fingerprint density at radius 3 is 1.80 bits per heavy atom. The Morgan fingerprint density at radius 2 is 1.70 bits per heavy atom. The molecule has 58 valence electrons. The first-order valence-electron chi connectivity index (χ1n) is 3.32. The summed E-state index contributed by atoms with van der Waals surface area (Å²) < 4.78 is 0. The zero-order chi connectivity index (χ0) is 8.41. The van der Waals surface area contributed by atoms with Crippen LogP contribution in [-0.2, 0) is 0 Å². The molecule has 0 aromatic heterocycles. The van der Waals surface area contributed by atoms with Gasteiger partial charge in [-0.2, -0.15) is 0 Å². The third-order valence-electron chi connectivity index (χ3n) is 1.15. The van der Waals surface area contributed by atoms with Gasteiger partial charge in [0.25, 0.3) is 0 Å². The molecule has 0 amide bonds. The number of hydrogen-bond acceptors (Lipinski definition) is 2. The first kappa shape index (κ1) is 9.48. The Kier molecular flexibility index (Phi) is 2.48. The zero-order valence-corrected chi connectivity index (χ0v) is 6.94. The van der Waals surface area contributed by atoms with Crippen molar-refractivity contribution in [3.63, 3.8) is 0 Å². The van der Waals surface area contributed by atoms with Crippen molar-refractivity contribution in [1.29, 1.82) is 0 Å². The van der Waals surface area contributed by atoms with Gasteiger partial charge < -0.3 is 11.5 Å². The lowest BCUT2D eigenvalue weighted by atomic mass is 9.88. The van der Waals surface area contributed by atoms with Crippen molar-refractivity contribution >= 4 is 0 Å². The molecule has 4 N–H and O–H groups in total. The molecule has 0 aromatic rings. The summed E-state index contributed by atoms with van der Waals surface area (Å²) in [7, 11) is 0. The molecule has 0 radical (unpaired) electrons. The lowest BCUT2D eigenvalue weighted by Gasteiger charge is -2.27. The van der Waals surface area contributed by atoms with Gasteiger partial charge in [-0.05, 0) is 27.2 Å². The largest absolute Gasteiger partial charge is 0.325 e. The van der Waals surface area contributed by atoms with Gasteiger partial charge in [0.1, 0.15) is 0 Å². The first-order valence-corrected chi connectivity index (χ1v) is 3.32. The molecule has 0 aliphatic rings. The van der Waals surface area contributed by atoms with Gasteiger partial charge >= 0.3 is 0 Å². The van der Waals surface area contributed by atoms with Gasteiger partial charge in [0.05, 0.1) is 5.54 Å². The van der Waals surface area contributed by atoms with E-state index in [2.05, 4.69) is 5.92 Å². The summed E-state index contributed by atoms with van der Waals surface area (Å²) in [6.07, 6.45) is 5.82. The van der Waals surface area contributed by atoms with Crippen molar-refractivity contribution in [1.82, 2.24) is 0 Å². The molecule has 0 fully saturated rings. The molecule has 0 rings (SSSR count). The monoisotopic (exact) mass is 140 g/mol. The van der Waals surface area contributed by atoms with Crippen LogP contribution in [0.3, 0.4) is 0 Å². The molecule has 2 nitrogen and oxygen atoms in total. The highest BCUT2D eigenvalue weighted by Gasteiger charge is 2.23. The van der Waals surface area contributed by atoms with Gasteiger partial charge in [-0.1, -0.05) is 5.92 Å². The van der Waals surface area contributed by atoms with E-state index < -0.39 is 5.54 Å². The highest BCUT2D eigenvalue weighted by molar-refractivity contribution is 5.10. The van der Waals surface area contributed by atoms with E-state index >= 15 is 0 Å². The molecule has 0 aliphatic heterocycles. The van der Waals surface area contributed by atoms with Crippen LogP contribution in [0.15, 0.2) is 0 Å². The van der Waals surface area contributed by atoms with Gasteiger partial charge in [-0.3, -0.25) is 0 Å². The Labute approximate surface area is 63.0 Å². The maximum Gasteiger partial charge on any atom is 0.0762 e. The summed E-state index contributed by atoms with van der Waals surface area (Å²) in [6.45, 7) is 5.63. The molecule has 10 heavy (non-hydrogen) atoms. The highest BCUT2D eigenvalue weighted by Crippen LogP contribution is 2.13. The first-order chi connectivity index (χ1) is 4.27. The van der Waals surface area contributed by atoms with Crippen LogP contribution in [0.5, 0.6) is 0 Å². The second-order valence-corrected chi connectivity index (χ2v) is 3.73. The van der Waals surface area contributed by atoms with Gasteiger partial charge in [0.15, 0.2) is 0 Å². The maximum atomic E-state index is 5.72. The van der Waals surface area contributed by atoms with E-state index in [9.17, 15) is 0 Å². The average molecular weight is 140 g/mol. The van der Waals surface area contributed by atoms with Crippen LogP contribution in [0.4, 0.5) is 0 Å². The zero-order valence-electron chi connectivity index (χ0n) is 6.94. The van der Waals surface area contributed by atoms with Crippen molar-refractivity contribution in [3.8, 4) is 12.3 Å². The predicted molar refractivity (Wildman–Crippen MR) is 44.3 cm³/mol. The third-order valence-corrected chi connectivity index (χ3v) is 1.15. The second kappa shape index (κ2) is 2.61. The van der Waals surface area contributed by atoms with Gasteiger partial charge in [0.2, 0.25) is 0 Å². The molecule has 0 aromatic carbocycles. The maximum absolute atomic E-state index is 5.72. The van der Waals surface area contributed by atoms with Crippen molar-refractivity contribution < 1.29 is 0 Å². The summed E-state index contributed by atoms with van der Waals surface area (Å²) in [5.74, 6) is 2.50. The lowest BCUT2D eigenvalue weighted by Crippen LogP contribution is -2.46. The van der Waals surface area contributed by atoms with Crippen LogP contribution in [0.2, 0.25) is 0 Å². The summed E-state index contributed by atoms with van der Waals surface area (Å²) in [5, 5.41) is 0. The fourth-order valence-electron chi connectivity index (χ4n) is 0.998. The quantitative estimate of drug-likeness (QED) is 0.548. The molecule has 0 aliphatic carbocycles. The van der Waals surface area contributed by atoms with E-state index in [1.54, 1.807) is 0 Å². The molecule has 0 saturated carbocycles. The molecular weight excluding hydrogens is 124 g/mol. The van der Waals surface area contributed by atoms with Crippen LogP contribution in [0, 0.1) is 12.3 Å². The molecule has 0 heterocycles. The van der Waals surface area contributed by atoms with Crippen molar-refractivity contribution in [3.05, 3.63) is 0 Å². The van der Waals surface area contributed by atoms with Gasteiger partial charge in [-0.15, -0.1) is 6.42 Å². The third kappa shape index (κ3) is 4.37. The fourth-order valence-corrected chi connectivity index (χ4v) is 0.998. The van der Waals surface area contributed by atoms with Crippen molar-refractivity contribution in [2.24, 2.45) is 11.5 Å². The molecular formula is C8H16N2. The smallest absolute Gasteiger partial charge is 0.0762 e. The van der Waals surface area contributed by atoms with Crippen LogP contribution in [-0.4, -0.2) is 11.1 Å².